The molecule has 2 heterocycles. The summed E-state index contributed by atoms with van der Waals surface area (Å²) in [5.41, 5.74) is 1.49. The average Bonchev–Trinajstić information content (AvgIpc) is 2.22. The van der Waals surface area contributed by atoms with Gasteiger partial charge in [0.1, 0.15) is 11.9 Å². The minimum Gasteiger partial charge on any atom is -0.481 e. The van der Waals surface area contributed by atoms with Crippen molar-refractivity contribution in [3.05, 3.63) is 23.4 Å². The van der Waals surface area contributed by atoms with Crippen LogP contribution in [0.1, 0.15) is 17.5 Å². The third-order valence-corrected chi connectivity index (χ3v) is 2.97. The van der Waals surface area contributed by atoms with E-state index in [2.05, 4.69) is 11.1 Å². The van der Waals surface area contributed by atoms with Gasteiger partial charge in [0.05, 0.1) is 12.0 Å². The Bertz CT molecular complexity index is 487. The normalized spacial score (nSPS) is 15.2. The first-order chi connectivity index (χ1) is 8.11. The molecule has 0 atom stereocenters. The Balaban J connectivity index is 2.09. The Hall–Kier alpha value is -2.09. The van der Waals surface area contributed by atoms with Gasteiger partial charge in [-0.05, 0) is 18.6 Å². The van der Waals surface area contributed by atoms with Crippen molar-refractivity contribution >= 4 is 11.8 Å². The predicted molar refractivity (Wildman–Crippen MR) is 61.6 cm³/mol. The monoisotopic (exact) mass is 231 g/mol. The number of nitriles is 1. The fourth-order valence-corrected chi connectivity index (χ4v) is 2.04. The lowest BCUT2D eigenvalue weighted by atomic mass is 9.95. The molecule has 1 saturated heterocycles. The molecule has 1 aromatic heterocycles. The van der Waals surface area contributed by atoms with E-state index < -0.39 is 5.97 Å². The Labute approximate surface area is 99.3 Å². The summed E-state index contributed by atoms with van der Waals surface area (Å²) >= 11 is 0. The standard InChI is InChI=1S/C12H13N3O2/c1-8-2-3-14-12(10(8)5-13)15-6-9(7-15)4-11(16)17/h2-3,9H,4,6-7H2,1H3,(H,16,17). The Morgan fingerprint density at radius 3 is 3.00 bits per heavy atom. The molecule has 0 spiro atoms. The highest BCUT2D eigenvalue weighted by molar-refractivity contribution is 5.68. The van der Waals surface area contributed by atoms with Crippen molar-refractivity contribution in [1.29, 1.82) is 5.26 Å². The summed E-state index contributed by atoms with van der Waals surface area (Å²) in [6.07, 6.45) is 1.86. The van der Waals surface area contributed by atoms with Crippen LogP contribution in [0.4, 0.5) is 5.82 Å². The van der Waals surface area contributed by atoms with Gasteiger partial charge in [0.15, 0.2) is 0 Å². The van der Waals surface area contributed by atoms with Gasteiger partial charge in [-0.1, -0.05) is 0 Å². The van der Waals surface area contributed by atoms with Gasteiger partial charge in [-0.25, -0.2) is 4.98 Å². The fourth-order valence-electron chi connectivity index (χ4n) is 2.04. The van der Waals surface area contributed by atoms with Crippen LogP contribution in [0.5, 0.6) is 0 Å². The number of pyridine rings is 1. The number of aliphatic carboxylic acids is 1. The van der Waals surface area contributed by atoms with Crippen LogP contribution in [0, 0.1) is 24.2 Å². The summed E-state index contributed by atoms with van der Waals surface area (Å²) < 4.78 is 0. The number of carboxylic acid groups (broad SMARTS) is 1. The highest BCUT2D eigenvalue weighted by Gasteiger charge is 2.31. The molecule has 1 aliphatic heterocycles. The molecular weight excluding hydrogens is 218 g/mol. The highest BCUT2D eigenvalue weighted by atomic mass is 16.4. The van der Waals surface area contributed by atoms with Crippen molar-refractivity contribution in [2.75, 3.05) is 18.0 Å². The second-order valence-corrected chi connectivity index (χ2v) is 4.31. The third kappa shape index (κ3) is 2.21. The molecule has 5 heteroatoms. The van der Waals surface area contributed by atoms with E-state index >= 15 is 0 Å². The van der Waals surface area contributed by atoms with Gasteiger partial charge in [-0.15, -0.1) is 0 Å². The third-order valence-electron chi connectivity index (χ3n) is 2.97. The Morgan fingerprint density at radius 1 is 1.71 bits per heavy atom. The summed E-state index contributed by atoms with van der Waals surface area (Å²) in [6, 6.07) is 3.95. The lowest BCUT2D eigenvalue weighted by Crippen LogP contribution is -2.48. The van der Waals surface area contributed by atoms with Crippen LogP contribution in [-0.2, 0) is 4.79 Å². The van der Waals surface area contributed by atoms with Crippen molar-refractivity contribution in [1.82, 2.24) is 4.98 Å². The zero-order chi connectivity index (χ0) is 12.4. The van der Waals surface area contributed by atoms with Crippen LogP contribution >= 0.6 is 0 Å². The molecule has 0 radical (unpaired) electrons. The van der Waals surface area contributed by atoms with Gasteiger partial charge in [-0.3, -0.25) is 4.79 Å². The van der Waals surface area contributed by atoms with Gasteiger partial charge >= 0.3 is 5.97 Å². The summed E-state index contributed by atoms with van der Waals surface area (Å²) in [4.78, 5) is 16.7. The fraction of sp³-hybridized carbons (Fsp3) is 0.417. The van der Waals surface area contributed by atoms with Gasteiger partial charge in [0.2, 0.25) is 0 Å². The van der Waals surface area contributed by atoms with Crippen molar-refractivity contribution in [3.8, 4) is 6.07 Å². The highest BCUT2D eigenvalue weighted by Crippen LogP contribution is 2.28. The molecule has 88 valence electrons. The molecule has 0 unspecified atom stereocenters. The largest absolute Gasteiger partial charge is 0.481 e. The summed E-state index contributed by atoms with van der Waals surface area (Å²) in [5, 5.41) is 17.7. The smallest absolute Gasteiger partial charge is 0.303 e. The lowest BCUT2D eigenvalue weighted by molar-refractivity contribution is -0.138. The number of anilines is 1. The molecule has 0 bridgehead atoms. The van der Waals surface area contributed by atoms with E-state index in [-0.39, 0.29) is 12.3 Å². The quantitative estimate of drug-likeness (QED) is 0.845. The molecular formula is C12H13N3O2. The van der Waals surface area contributed by atoms with E-state index in [0.717, 1.165) is 5.56 Å². The minimum atomic E-state index is -0.771. The summed E-state index contributed by atoms with van der Waals surface area (Å²) in [6.45, 7) is 3.20. The molecule has 0 saturated carbocycles. The van der Waals surface area contributed by atoms with E-state index in [1.54, 1.807) is 12.3 Å². The van der Waals surface area contributed by atoms with Crippen molar-refractivity contribution in [2.45, 2.75) is 13.3 Å². The number of hydrogen-bond acceptors (Lipinski definition) is 4. The Morgan fingerprint density at radius 2 is 2.41 bits per heavy atom. The zero-order valence-corrected chi connectivity index (χ0v) is 9.55. The van der Waals surface area contributed by atoms with Gasteiger partial charge < -0.3 is 10.0 Å². The summed E-state index contributed by atoms with van der Waals surface area (Å²) in [5.74, 6) is 0.0721. The van der Waals surface area contributed by atoms with Gasteiger partial charge in [0, 0.05) is 25.2 Å². The number of carboxylic acids is 1. The Kier molecular flexibility index (Phi) is 2.96. The van der Waals surface area contributed by atoms with E-state index in [9.17, 15) is 4.79 Å². The van der Waals surface area contributed by atoms with Crippen LogP contribution in [0.3, 0.4) is 0 Å². The summed E-state index contributed by atoms with van der Waals surface area (Å²) in [7, 11) is 0. The van der Waals surface area contributed by atoms with Crippen LogP contribution < -0.4 is 4.90 Å². The van der Waals surface area contributed by atoms with Crippen LogP contribution in [0.25, 0.3) is 0 Å². The molecule has 1 aliphatic rings. The van der Waals surface area contributed by atoms with Gasteiger partial charge in [-0.2, -0.15) is 5.26 Å². The number of carbonyl (C=O) groups is 1. The average molecular weight is 231 g/mol. The van der Waals surface area contributed by atoms with E-state index in [0.29, 0.717) is 24.5 Å². The van der Waals surface area contributed by atoms with Crippen molar-refractivity contribution in [3.63, 3.8) is 0 Å². The minimum absolute atomic E-state index is 0.168. The first-order valence-electron chi connectivity index (χ1n) is 5.44. The number of rotatable bonds is 3. The number of aryl methyl sites for hydroxylation is 1. The molecule has 0 aliphatic carbocycles. The topological polar surface area (TPSA) is 77.2 Å². The first-order valence-corrected chi connectivity index (χ1v) is 5.44. The molecule has 1 N–H and O–H groups in total. The number of nitrogens with zero attached hydrogens (tertiary/aromatic N) is 3. The maximum absolute atomic E-state index is 10.5. The van der Waals surface area contributed by atoms with Crippen molar-refractivity contribution < 1.29 is 9.90 Å². The van der Waals surface area contributed by atoms with E-state index in [1.807, 2.05) is 11.8 Å². The maximum Gasteiger partial charge on any atom is 0.303 e. The zero-order valence-electron chi connectivity index (χ0n) is 9.55. The molecule has 0 aromatic carbocycles. The van der Waals surface area contributed by atoms with Crippen LogP contribution in [-0.4, -0.2) is 29.1 Å². The maximum atomic E-state index is 10.5. The number of hydrogen-bond donors (Lipinski definition) is 1. The molecule has 17 heavy (non-hydrogen) atoms. The molecule has 0 amide bonds. The van der Waals surface area contributed by atoms with Crippen LogP contribution in [0.15, 0.2) is 12.3 Å². The second-order valence-electron chi connectivity index (χ2n) is 4.31. The lowest BCUT2D eigenvalue weighted by Gasteiger charge is -2.40. The van der Waals surface area contributed by atoms with E-state index in [1.165, 1.54) is 0 Å². The molecule has 1 fully saturated rings. The van der Waals surface area contributed by atoms with E-state index in [4.69, 9.17) is 10.4 Å². The predicted octanol–water partition coefficient (Wildman–Crippen LogP) is 1.17. The second kappa shape index (κ2) is 4.42. The molecule has 1 aromatic rings. The van der Waals surface area contributed by atoms with Crippen LogP contribution in [0.2, 0.25) is 0 Å². The number of aromatic nitrogens is 1. The van der Waals surface area contributed by atoms with Gasteiger partial charge in [0.25, 0.3) is 0 Å². The SMILES string of the molecule is Cc1ccnc(N2CC(CC(=O)O)C2)c1C#N. The molecule has 5 nitrogen and oxygen atoms in total. The first kappa shape index (κ1) is 11.4. The van der Waals surface area contributed by atoms with Crippen molar-refractivity contribution in [2.24, 2.45) is 5.92 Å². The molecule has 2 rings (SSSR count).